The molecule has 0 aromatic carbocycles. The van der Waals surface area contributed by atoms with E-state index in [2.05, 4.69) is 13.8 Å². The predicted molar refractivity (Wildman–Crippen MR) is 52.2 cm³/mol. The van der Waals surface area contributed by atoms with Crippen LogP contribution >= 0.6 is 0 Å². The first-order valence-electron chi connectivity index (χ1n) is 5.40. The molecule has 1 atom stereocenters. The fourth-order valence-corrected chi connectivity index (χ4v) is 1.76. The van der Waals surface area contributed by atoms with E-state index in [-0.39, 0.29) is 0 Å². The Hall–Kier alpha value is -0.0400. The van der Waals surface area contributed by atoms with E-state index in [1.165, 1.54) is 32.1 Å². The number of hydrogen-bond acceptors (Lipinski definition) is 1. The molecular weight excluding hydrogens is 148 g/mol. The minimum Gasteiger partial charge on any atom is -0.381 e. The van der Waals surface area contributed by atoms with Crippen molar-refractivity contribution in [1.82, 2.24) is 0 Å². The summed E-state index contributed by atoms with van der Waals surface area (Å²) in [5, 5.41) is 0. The highest BCUT2D eigenvalue weighted by Crippen LogP contribution is 2.23. The van der Waals surface area contributed by atoms with E-state index in [9.17, 15) is 0 Å². The maximum absolute atomic E-state index is 5.33. The molecule has 0 amide bonds. The molecule has 0 N–H and O–H groups in total. The summed E-state index contributed by atoms with van der Waals surface area (Å²) in [6.07, 6.45) is 6.79. The first-order chi connectivity index (χ1) is 5.83. The van der Waals surface area contributed by atoms with Gasteiger partial charge in [-0.05, 0) is 24.7 Å². The summed E-state index contributed by atoms with van der Waals surface area (Å²) in [6.45, 7) is 6.66. The molecule has 1 unspecified atom stereocenters. The van der Waals surface area contributed by atoms with E-state index in [1.54, 1.807) is 0 Å². The first-order valence-corrected chi connectivity index (χ1v) is 5.40. The van der Waals surface area contributed by atoms with Crippen LogP contribution in [-0.2, 0) is 4.74 Å². The van der Waals surface area contributed by atoms with Gasteiger partial charge < -0.3 is 4.74 Å². The van der Waals surface area contributed by atoms with Crippen molar-refractivity contribution in [3.8, 4) is 0 Å². The van der Waals surface area contributed by atoms with Gasteiger partial charge in [0.1, 0.15) is 0 Å². The molecule has 12 heavy (non-hydrogen) atoms. The molecule has 1 saturated heterocycles. The molecule has 1 nitrogen and oxygen atoms in total. The minimum atomic E-state index is 0.924. The van der Waals surface area contributed by atoms with Crippen molar-refractivity contribution in [3.05, 3.63) is 0 Å². The van der Waals surface area contributed by atoms with Crippen LogP contribution in [0.3, 0.4) is 0 Å². The summed E-state index contributed by atoms with van der Waals surface area (Å²) >= 11 is 0. The topological polar surface area (TPSA) is 9.23 Å². The molecule has 0 aromatic heterocycles. The van der Waals surface area contributed by atoms with Gasteiger partial charge in [-0.2, -0.15) is 0 Å². The van der Waals surface area contributed by atoms with Crippen molar-refractivity contribution in [2.24, 2.45) is 11.8 Å². The number of hydrogen-bond donors (Lipinski definition) is 0. The lowest BCUT2D eigenvalue weighted by Crippen LogP contribution is -2.16. The molecule has 1 heterocycles. The molecule has 1 fully saturated rings. The van der Waals surface area contributed by atoms with Gasteiger partial charge in [0.2, 0.25) is 0 Å². The van der Waals surface area contributed by atoms with Crippen molar-refractivity contribution in [3.63, 3.8) is 0 Å². The highest BCUT2D eigenvalue weighted by Gasteiger charge is 2.13. The molecule has 0 aromatic rings. The second-order valence-electron chi connectivity index (χ2n) is 4.15. The van der Waals surface area contributed by atoms with Crippen molar-refractivity contribution >= 4 is 0 Å². The Kier molecular flexibility index (Phi) is 4.67. The quantitative estimate of drug-likeness (QED) is 0.629. The standard InChI is InChI=1S/C11H22O/c1-3-10(2)4-5-11-6-8-12-9-7-11/h10-11H,3-9H2,1-2H3. The Balaban J connectivity index is 2.05. The van der Waals surface area contributed by atoms with Gasteiger partial charge in [0.15, 0.2) is 0 Å². The SMILES string of the molecule is CCC(C)CCC1CCOCC1. The lowest BCUT2D eigenvalue weighted by molar-refractivity contribution is 0.0620. The van der Waals surface area contributed by atoms with Gasteiger partial charge >= 0.3 is 0 Å². The summed E-state index contributed by atoms with van der Waals surface area (Å²) < 4.78 is 5.33. The van der Waals surface area contributed by atoms with Crippen LogP contribution in [0.4, 0.5) is 0 Å². The molecule has 0 aliphatic carbocycles. The van der Waals surface area contributed by atoms with Crippen LogP contribution < -0.4 is 0 Å². The van der Waals surface area contributed by atoms with Crippen LogP contribution in [0.5, 0.6) is 0 Å². The van der Waals surface area contributed by atoms with E-state index in [1.807, 2.05) is 0 Å². The minimum absolute atomic E-state index is 0.924. The number of rotatable bonds is 4. The van der Waals surface area contributed by atoms with Crippen molar-refractivity contribution in [1.29, 1.82) is 0 Å². The molecule has 1 aliphatic rings. The maximum Gasteiger partial charge on any atom is 0.0468 e. The third kappa shape index (κ3) is 3.57. The van der Waals surface area contributed by atoms with Gasteiger partial charge in [0.05, 0.1) is 0 Å². The fourth-order valence-electron chi connectivity index (χ4n) is 1.76. The Labute approximate surface area is 76.5 Å². The lowest BCUT2D eigenvalue weighted by atomic mass is 9.90. The third-order valence-electron chi connectivity index (χ3n) is 3.11. The molecule has 1 heteroatoms. The Morgan fingerprint density at radius 2 is 2.00 bits per heavy atom. The van der Waals surface area contributed by atoms with E-state index < -0.39 is 0 Å². The molecule has 1 aliphatic heterocycles. The van der Waals surface area contributed by atoms with Gasteiger partial charge in [-0.1, -0.05) is 33.1 Å². The van der Waals surface area contributed by atoms with Crippen LogP contribution in [-0.4, -0.2) is 13.2 Å². The fraction of sp³-hybridized carbons (Fsp3) is 1.00. The normalized spacial score (nSPS) is 22.5. The maximum atomic E-state index is 5.33. The van der Waals surface area contributed by atoms with Gasteiger partial charge in [0.25, 0.3) is 0 Å². The van der Waals surface area contributed by atoms with Gasteiger partial charge in [-0.25, -0.2) is 0 Å². The second-order valence-corrected chi connectivity index (χ2v) is 4.15. The van der Waals surface area contributed by atoms with Crippen LogP contribution in [0.1, 0.15) is 46.0 Å². The highest BCUT2D eigenvalue weighted by molar-refractivity contribution is 4.64. The van der Waals surface area contributed by atoms with Crippen LogP contribution in [0.15, 0.2) is 0 Å². The van der Waals surface area contributed by atoms with E-state index in [4.69, 9.17) is 4.74 Å². The van der Waals surface area contributed by atoms with Crippen molar-refractivity contribution in [2.45, 2.75) is 46.0 Å². The van der Waals surface area contributed by atoms with E-state index in [0.29, 0.717) is 0 Å². The zero-order valence-electron chi connectivity index (χ0n) is 8.51. The van der Waals surface area contributed by atoms with Gasteiger partial charge in [0, 0.05) is 13.2 Å². The molecular formula is C11H22O. The molecule has 1 rings (SSSR count). The molecule has 0 saturated carbocycles. The predicted octanol–water partition coefficient (Wildman–Crippen LogP) is 3.24. The van der Waals surface area contributed by atoms with Crippen molar-refractivity contribution in [2.75, 3.05) is 13.2 Å². The van der Waals surface area contributed by atoms with Gasteiger partial charge in [-0.15, -0.1) is 0 Å². The summed E-state index contributed by atoms with van der Waals surface area (Å²) in [7, 11) is 0. The van der Waals surface area contributed by atoms with Crippen molar-refractivity contribution < 1.29 is 4.74 Å². The second kappa shape index (κ2) is 5.58. The molecule has 0 bridgehead atoms. The molecule has 0 radical (unpaired) electrons. The van der Waals surface area contributed by atoms with E-state index >= 15 is 0 Å². The Morgan fingerprint density at radius 1 is 1.33 bits per heavy atom. The first kappa shape index (κ1) is 10.0. The Morgan fingerprint density at radius 3 is 2.58 bits per heavy atom. The molecule has 72 valence electrons. The largest absolute Gasteiger partial charge is 0.381 e. The van der Waals surface area contributed by atoms with Crippen LogP contribution in [0, 0.1) is 11.8 Å². The summed E-state index contributed by atoms with van der Waals surface area (Å²) in [5.41, 5.74) is 0. The third-order valence-corrected chi connectivity index (χ3v) is 3.11. The average Bonchev–Trinajstić information content (AvgIpc) is 2.16. The zero-order valence-corrected chi connectivity index (χ0v) is 8.51. The highest BCUT2D eigenvalue weighted by atomic mass is 16.5. The monoisotopic (exact) mass is 170 g/mol. The van der Waals surface area contributed by atoms with Gasteiger partial charge in [-0.3, -0.25) is 0 Å². The summed E-state index contributed by atoms with van der Waals surface area (Å²) in [5.74, 6) is 1.89. The molecule has 0 spiro atoms. The smallest absolute Gasteiger partial charge is 0.0468 e. The average molecular weight is 170 g/mol. The lowest BCUT2D eigenvalue weighted by Gasteiger charge is -2.22. The number of ether oxygens (including phenoxy) is 1. The summed E-state index contributed by atoms with van der Waals surface area (Å²) in [4.78, 5) is 0. The zero-order chi connectivity index (χ0) is 8.81. The summed E-state index contributed by atoms with van der Waals surface area (Å²) in [6, 6.07) is 0. The van der Waals surface area contributed by atoms with Crippen LogP contribution in [0.25, 0.3) is 0 Å². The Bertz CT molecular complexity index is 106. The van der Waals surface area contributed by atoms with Crippen LogP contribution in [0.2, 0.25) is 0 Å². The van der Waals surface area contributed by atoms with E-state index in [0.717, 1.165) is 25.0 Å².